The van der Waals surface area contributed by atoms with Gasteiger partial charge in [-0.25, -0.2) is 0 Å². The molecule has 0 bridgehead atoms. The molecular weight excluding hydrogens is 202 g/mol. The Bertz CT molecular complexity index is 171. The Hall–Kier alpha value is -0.570. The van der Waals surface area contributed by atoms with Crippen molar-refractivity contribution in [3.05, 3.63) is 0 Å². The van der Waals surface area contributed by atoms with Gasteiger partial charge >= 0.3 is 5.97 Å². The van der Waals surface area contributed by atoms with Gasteiger partial charge in [0.05, 0.1) is 7.11 Å². The molecule has 0 saturated carbocycles. The van der Waals surface area contributed by atoms with E-state index in [-0.39, 0.29) is 12.0 Å². The van der Waals surface area contributed by atoms with Crippen LogP contribution in [0.3, 0.4) is 0 Å². The zero-order chi connectivity index (χ0) is 12.2. The highest BCUT2D eigenvalue weighted by atomic mass is 16.5. The topological polar surface area (TPSA) is 38.3 Å². The molecule has 0 aromatic carbocycles. The molecule has 0 aliphatic rings. The fraction of sp³-hybridized carbons (Fsp3) is 0.923. The summed E-state index contributed by atoms with van der Waals surface area (Å²) in [7, 11) is 1.46. The summed E-state index contributed by atoms with van der Waals surface area (Å²) in [4.78, 5) is 11.5. The summed E-state index contributed by atoms with van der Waals surface area (Å²) in [6.07, 6.45) is 8.10. The number of carbonyl (C=O) groups is 1. The summed E-state index contributed by atoms with van der Waals surface area (Å²) in [6, 6.07) is -0.105. The zero-order valence-electron chi connectivity index (χ0n) is 11.1. The third-order valence-corrected chi connectivity index (χ3v) is 2.72. The SMILES string of the molecule is CCCCCCCC(NCCC)C(=O)OC. The monoisotopic (exact) mass is 229 g/mol. The van der Waals surface area contributed by atoms with Gasteiger partial charge in [-0.15, -0.1) is 0 Å². The number of hydrogen-bond acceptors (Lipinski definition) is 3. The number of esters is 1. The fourth-order valence-electron chi connectivity index (χ4n) is 1.72. The molecule has 0 radical (unpaired) electrons. The van der Waals surface area contributed by atoms with Crippen LogP contribution in [-0.4, -0.2) is 25.7 Å². The van der Waals surface area contributed by atoms with Crippen molar-refractivity contribution in [1.82, 2.24) is 5.32 Å². The highest BCUT2D eigenvalue weighted by Crippen LogP contribution is 2.08. The number of carbonyl (C=O) groups excluding carboxylic acids is 1. The molecular formula is C13H27NO2. The molecule has 0 aliphatic heterocycles. The minimum atomic E-state index is -0.121. The predicted octanol–water partition coefficient (Wildman–Crippen LogP) is 2.89. The Morgan fingerprint density at radius 3 is 2.38 bits per heavy atom. The van der Waals surface area contributed by atoms with Gasteiger partial charge in [0, 0.05) is 0 Å². The van der Waals surface area contributed by atoms with E-state index < -0.39 is 0 Å². The predicted molar refractivity (Wildman–Crippen MR) is 67.5 cm³/mol. The number of hydrogen-bond donors (Lipinski definition) is 1. The molecule has 0 aromatic rings. The normalized spacial score (nSPS) is 12.4. The van der Waals surface area contributed by atoms with Crippen LogP contribution in [0.2, 0.25) is 0 Å². The van der Waals surface area contributed by atoms with Crippen LogP contribution < -0.4 is 5.32 Å². The van der Waals surface area contributed by atoms with Gasteiger partial charge in [0.25, 0.3) is 0 Å². The Morgan fingerprint density at radius 1 is 1.12 bits per heavy atom. The van der Waals surface area contributed by atoms with Gasteiger partial charge < -0.3 is 10.1 Å². The smallest absolute Gasteiger partial charge is 0.322 e. The van der Waals surface area contributed by atoms with E-state index in [0.717, 1.165) is 25.8 Å². The van der Waals surface area contributed by atoms with Gasteiger partial charge in [0.1, 0.15) is 6.04 Å². The van der Waals surface area contributed by atoms with E-state index in [1.807, 2.05) is 0 Å². The number of rotatable bonds is 10. The number of nitrogens with one attached hydrogen (secondary N) is 1. The molecule has 0 spiro atoms. The second kappa shape index (κ2) is 10.9. The summed E-state index contributed by atoms with van der Waals surface area (Å²) >= 11 is 0. The van der Waals surface area contributed by atoms with E-state index in [2.05, 4.69) is 19.2 Å². The summed E-state index contributed by atoms with van der Waals surface area (Å²) in [5.41, 5.74) is 0. The van der Waals surface area contributed by atoms with Crippen LogP contribution in [0, 0.1) is 0 Å². The van der Waals surface area contributed by atoms with Crippen LogP contribution in [0.1, 0.15) is 58.8 Å². The fourth-order valence-corrected chi connectivity index (χ4v) is 1.72. The van der Waals surface area contributed by atoms with Crippen LogP contribution in [0.25, 0.3) is 0 Å². The van der Waals surface area contributed by atoms with Gasteiger partial charge in [-0.3, -0.25) is 4.79 Å². The third kappa shape index (κ3) is 7.69. The molecule has 1 atom stereocenters. The van der Waals surface area contributed by atoms with Crippen LogP contribution in [0.15, 0.2) is 0 Å². The molecule has 96 valence electrons. The van der Waals surface area contributed by atoms with Crippen molar-refractivity contribution in [1.29, 1.82) is 0 Å². The minimum absolute atomic E-state index is 0.105. The Kier molecular flexibility index (Phi) is 10.5. The minimum Gasteiger partial charge on any atom is -0.468 e. The van der Waals surface area contributed by atoms with E-state index >= 15 is 0 Å². The van der Waals surface area contributed by atoms with Crippen molar-refractivity contribution in [3.8, 4) is 0 Å². The van der Waals surface area contributed by atoms with Gasteiger partial charge in [-0.05, 0) is 19.4 Å². The van der Waals surface area contributed by atoms with Crippen LogP contribution >= 0.6 is 0 Å². The van der Waals surface area contributed by atoms with Gasteiger partial charge in [0.15, 0.2) is 0 Å². The lowest BCUT2D eigenvalue weighted by atomic mass is 10.1. The van der Waals surface area contributed by atoms with Gasteiger partial charge in [-0.1, -0.05) is 46.0 Å². The molecule has 0 saturated heterocycles. The van der Waals surface area contributed by atoms with Crippen molar-refractivity contribution in [2.75, 3.05) is 13.7 Å². The number of methoxy groups -OCH3 is 1. The van der Waals surface area contributed by atoms with Crippen LogP contribution in [0.4, 0.5) is 0 Å². The molecule has 0 aliphatic carbocycles. The number of unbranched alkanes of at least 4 members (excludes halogenated alkanes) is 4. The summed E-state index contributed by atoms with van der Waals surface area (Å²) in [5.74, 6) is -0.121. The molecule has 0 rings (SSSR count). The summed E-state index contributed by atoms with van der Waals surface area (Å²) in [6.45, 7) is 5.19. The van der Waals surface area contributed by atoms with Crippen LogP contribution in [-0.2, 0) is 9.53 Å². The summed E-state index contributed by atoms with van der Waals surface area (Å²) < 4.78 is 4.79. The van der Waals surface area contributed by atoms with Crippen molar-refractivity contribution < 1.29 is 9.53 Å². The first kappa shape index (κ1) is 15.4. The second-order valence-corrected chi connectivity index (χ2v) is 4.23. The molecule has 3 heteroatoms. The van der Waals surface area contributed by atoms with Gasteiger partial charge in [-0.2, -0.15) is 0 Å². The average Bonchev–Trinajstić information content (AvgIpc) is 2.31. The molecule has 3 nitrogen and oxygen atoms in total. The molecule has 1 N–H and O–H groups in total. The lowest BCUT2D eigenvalue weighted by Crippen LogP contribution is -2.38. The largest absolute Gasteiger partial charge is 0.468 e. The van der Waals surface area contributed by atoms with E-state index in [1.54, 1.807) is 0 Å². The van der Waals surface area contributed by atoms with Crippen molar-refractivity contribution >= 4 is 5.97 Å². The molecule has 0 aromatic heterocycles. The molecule has 0 heterocycles. The Morgan fingerprint density at radius 2 is 1.81 bits per heavy atom. The number of ether oxygens (including phenoxy) is 1. The highest BCUT2D eigenvalue weighted by Gasteiger charge is 2.16. The first-order chi connectivity index (χ1) is 7.76. The lowest BCUT2D eigenvalue weighted by molar-refractivity contribution is -0.143. The lowest BCUT2D eigenvalue weighted by Gasteiger charge is -2.15. The second-order valence-electron chi connectivity index (χ2n) is 4.23. The van der Waals surface area contributed by atoms with Crippen molar-refractivity contribution in [2.24, 2.45) is 0 Å². The van der Waals surface area contributed by atoms with E-state index in [1.165, 1.54) is 32.8 Å². The molecule has 0 amide bonds. The van der Waals surface area contributed by atoms with Crippen molar-refractivity contribution in [2.45, 2.75) is 64.8 Å². The van der Waals surface area contributed by atoms with Crippen molar-refractivity contribution in [3.63, 3.8) is 0 Å². The first-order valence-corrected chi connectivity index (χ1v) is 6.57. The van der Waals surface area contributed by atoms with E-state index in [4.69, 9.17) is 4.74 Å². The average molecular weight is 229 g/mol. The molecule has 0 fully saturated rings. The van der Waals surface area contributed by atoms with Crippen LogP contribution in [0.5, 0.6) is 0 Å². The standard InChI is InChI=1S/C13H27NO2/c1-4-6-7-8-9-10-12(13(15)16-3)14-11-5-2/h12,14H,4-11H2,1-3H3. The Balaban J connectivity index is 3.69. The zero-order valence-corrected chi connectivity index (χ0v) is 11.1. The van der Waals surface area contributed by atoms with Gasteiger partial charge in [0.2, 0.25) is 0 Å². The highest BCUT2D eigenvalue weighted by molar-refractivity contribution is 5.75. The molecule has 1 unspecified atom stereocenters. The maximum atomic E-state index is 11.5. The van der Waals surface area contributed by atoms with E-state index in [9.17, 15) is 4.79 Å². The first-order valence-electron chi connectivity index (χ1n) is 6.57. The quantitative estimate of drug-likeness (QED) is 0.462. The Labute approximate surface area is 99.9 Å². The maximum absolute atomic E-state index is 11.5. The summed E-state index contributed by atoms with van der Waals surface area (Å²) in [5, 5.41) is 3.24. The third-order valence-electron chi connectivity index (χ3n) is 2.72. The van der Waals surface area contributed by atoms with E-state index in [0.29, 0.717) is 0 Å². The molecule has 16 heavy (non-hydrogen) atoms. The maximum Gasteiger partial charge on any atom is 0.322 e.